The van der Waals surface area contributed by atoms with E-state index in [0.717, 1.165) is 23.6 Å². The number of hydrogen-bond donors (Lipinski definition) is 1. The van der Waals surface area contributed by atoms with Gasteiger partial charge in [0.05, 0.1) is 7.11 Å². The molecular formula is C13H15N3O2S. The van der Waals surface area contributed by atoms with Gasteiger partial charge in [0.1, 0.15) is 0 Å². The van der Waals surface area contributed by atoms with E-state index in [0.29, 0.717) is 5.95 Å². The molecule has 2 aromatic rings. The third-order valence-electron chi connectivity index (χ3n) is 2.77. The van der Waals surface area contributed by atoms with Gasteiger partial charge in [-0.3, -0.25) is 0 Å². The molecule has 100 valence electrons. The third kappa shape index (κ3) is 3.08. The van der Waals surface area contributed by atoms with E-state index in [1.54, 1.807) is 0 Å². The summed E-state index contributed by atoms with van der Waals surface area (Å²) in [5, 5.41) is 3.33. The molecule has 0 aliphatic rings. The smallest absolute Gasteiger partial charge is 0.368 e. The van der Waals surface area contributed by atoms with Crippen LogP contribution >= 0.6 is 11.5 Å². The van der Waals surface area contributed by atoms with Crippen LogP contribution in [-0.2, 0) is 11.2 Å². The summed E-state index contributed by atoms with van der Waals surface area (Å²) in [6, 6.07) is 6.08. The first-order valence-electron chi connectivity index (χ1n) is 5.92. The fraction of sp³-hybridized carbons (Fsp3) is 0.308. The van der Waals surface area contributed by atoms with Crippen molar-refractivity contribution in [3.8, 4) is 0 Å². The van der Waals surface area contributed by atoms with Gasteiger partial charge >= 0.3 is 5.97 Å². The molecule has 0 saturated carbocycles. The van der Waals surface area contributed by atoms with Crippen molar-refractivity contribution in [2.45, 2.75) is 20.3 Å². The second-order valence-electron chi connectivity index (χ2n) is 4.03. The average Bonchev–Trinajstić information content (AvgIpc) is 2.88. The summed E-state index contributed by atoms with van der Waals surface area (Å²) in [5.41, 5.74) is 3.44. The number of methoxy groups -OCH3 is 1. The van der Waals surface area contributed by atoms with Crippen molar-refractivity contribution in [3.05, 3.63) is 34.3 Å². The van der Waals surface area contributed by atoms with Crippen molar-refractivity contribution in [2.75, 3.05) is 12.4 Å². The van der Waals surface area contributed by atoms with Gasteiger partial charge in [-0.15, -0.1) is 0 Å². The molecule has 6 heteroatoms. The number of aryl methyl sites for hydroxylation is 2. The number of esters is 1. The van der Waals surface area contributed by atoms with Crippen LogP contribution in [-0.4, -0.2) is 22.4 Å². The van der Waals surface area contributed by atoms with Crippen LogP contribution in [0.25, 0.3) is 0 Å². The Morgan fingerprint density at radius 1 is 1.47 bits per heavy atom. The number of nitrogens with zero attached hydrogens (tertiary/aromatic N) is 2. The van der Waals surface area contributed by atoms with Crippen molar-refractivity contribution < 1.29 is 9.53 Å². The second kappa shape index (κ2) is 5.79. The van der Waals surface area contributed by atoms with Crippen LogP contribution in [0.15, 0.2) is 18.2 Å². The van der Waals surface area contributed by atoms with E-state index in [9.17, 15) is 4.79 Å². The van der Waals surface area contributed by atoms with Crippen molar-refractivity contribution in [1.29, 1.82) is 0 Å². The van der Waals surface area contributed by atoms with Gasteiger partial charge in [-0.25, -0.2) is 4.79 Å². The molecule has 1 N–H and O–H groups in total. The summed E-state index contributed by atoms with van der Waals surface area (Å²) in [4.78, 5) is 15.4. The number of benzene rings is 1. The lowest BCUT2D eigenvalue weighted by Gasteiger charge is -2.07. The van der Waals surface area contributed by atoms with Crippen molar-refractivity contribution >= 4 is 29.1 Å². The third-order valence-corrected chi connectivity index (χ3v) is 3.47. The molecule has 1 aromatic carbocycles. The predicted molar refractivity (Wildman–Crippen MR) is 75.1 cm³/mol. The Kier molecular flexibility index (Phi) is 4.11. The fourth-order valence-electron chi connectivity index (χ4n) is 1.70. The zero-order valence-corrected chi connectivity index (χ0v) is 11.9. The maximum Gasteiger partial charge on any atom is 0.368 e. The standard InChI is InChI=1S/C13H15N3O2S/c1-4-9-7-10(6-5-8(9)2)14-13-15-11(19-16-13)12(17)18-3/h5-7H,4H2,1-3H3,(H,14,16). The predicted octanol–water partition coefficient (Wildman–Crippen LogP) is 2.94. The average molecular weight is 277 g/mol. The molecule has 0 atom stereocenters. The van der Waals surface area contributed by atoms with E-state index in [-0.39, 0.29) is 5.01 Å². The topological polar surface area (TPSA) is 64.1 Å². The molecule has 2 rings (SSSR count). The summed E-state index contributed by atoms with van der Waals surface area (Å²) < 4.78 is 8.67. The van der Waals surface area contributed by atoms with E-state index in [2.05, 4.69) is 45.4 Å². The molecule has 1 heterocycles. The largest absolute Gasteiger partial charge is 0.464 e. The van der Waals surface area contributed by atoms with Crippen molar-refractivity contribution in [1.82, 2.24) is 9.36 Å². The SMILES string of the molecule is CCc1cc(Nc2nsc(C(=O)OC)n2)ccc1C. The molecular weight excluding hydrogens is 262 g/mol. The molecule has 0 amide bonds. The lowest BCUT2D eigenvalue weighted by atomic mass is 10.1. The molecule has 19 heavy (non-hydrogen) atoms. The second-order valence-corrected chi connectivity index (χ2v) is 4.79. The zero-order valence-electron chi connectivity index (χ0n) is 11.1. The van der Waals surface area contributed by atoms with Crippen LogP contribution < -0.4 is 5.32 Å². The highest BCUT2D eigenvalue weighted by molar-refractivity contribution is 7.07. The summed E-state index contributed by atoms with van der Waals surface area (Å²) in [5.74, 6) is -0.0555. The molecule has 0 aliphatic heterocycles. The first-order chi connectivity index (χ1) is 9.13. The van der Waals surface area contributed by atoms with Gasteiger partial charge < -0.3 is 10.1 Å². The number of rotatable bonds is 4. The number of aromatic nitrogens is 2. The van der Waals surface area contributed by atoms with Crippen LogP contribution in [0.5, 0.6) is 0 Å². The molecule has 0 unspecified atom stereocenters. The zero-order chi connectivity index (χ0) is 13.8. The Morgan fingerprint density at radius 3 is 2.95 bits per heavy atom. The summed E-state index contributed by atoms with van der Waals surface area (Å²) in [6.45, 7) is 4.20. The molecule has 1 aromatic heterocycles. The van der Waals surface area contributed by atoms with Gasteiger partial charge in [-0.2, -0.15) is 9.36 Å². The van der Waals surface area contributed by atoms with E-state index in [4.69, 9.17) is 0 Å². The van der Waals surface area contributed by atoms with E-state index in [1.165, 1.54) is 18.2 Å². The molecule has 0 radical (unpaired) electrons. The van der Waals surface area contributed by atoms with Crippen LogP contribution in [0.4, 0.5) is 11.6 Å². The minimum absolute atomic E-state index is 0.243. The normalized spacial score (nSPS) is 10.3. The molecule has 0 fully saturated rings. The van der Waals surface area contributed by atoms with Gasteiger partial charge in [0.15, 0.2) is 0 Å². The van der Waals surface area contributed by atoms with Gasteiger partial charge in [0, 0.05) is 5.69 Å². The van der Waals surface area contributed by atoms with Crippen LogP contribution in [0.2, 0.25) is 0 Å². The molecule has 5 nitrogen and oxygen atoms in total. The Balaban J connectivity index is 2.17. The highest BCUT2D eigenvalue weighted by Gasteiger charge is 2.12. The highest BCUT2D eigenvalue weighted by Crippen LogP contribution is 2.20. The number of anilines is 2. The summed E-state index contributed by atoms with van der Waals surface area (Å²) in [6.07, 6.45) is 0.971. The summed E-state index contributed by atoms with van der Waals surface area (Å²) in [7, 11) is 1.32. The Morgan fingerprint density at radius 2 is 2.26 bits per heavy atom. The first-order valence-corrected chi connectivity index (χ1v) is 6.70. The van der Waals surface area contributed by atoms with Gasteiger partial charge in [-0.1, -0.05) is 13.0 Å². The van der Waals surface area contributed by atoms with Crippen LogP contribution in [0.3, 0.4) is 0 Å². The maximum absolute atomic E-state index is 11.3. The lowest BCUT2D eigenvalue weighted by molar-refractivity contribution is 0.0600. The van der Waals surface area contributed by atoms with E-state index in [1.807, 2.05) is 6.07 Å². The maximum atomic E-state index is 11.3. The van der Waals surface area contributed by atoms with Crippen LogP contribution in [0, 0.1) is 6.92 Å². The quantitative estimate of drug-likeness (QED) is 0.870. The van der Waals surface area contributed by atoms with E-state index < -0.39 is 5.97 Å². The van der Waals surface area contributed by atoms with Crippen LogP contribution in [0.1, 0.15) is 27.9 Å². The number of nitrogens with one attached hydrogen (secondary N) is 1. The molecule has 0 spiro atoms. The number of ether oxygens (including phenoxy) is 1. The molecule has 0 saturated heterocycles. The first kappa shape index (κ1) is 13.5. The fourth-order valence-corrected chi connectivity index (χ4v) is 2.25. The number of carbonyl (C=O) groups is 1. The number of carbonyl (C=O) groups excluding carboxylic acids is 1. The minimum Gasteiger partial charge on any atom is -0.464 e. The van der Waals surface area contributed by atoms with Crippen molar-refractivity contribution in [2.24, 2.45) is 0 Å². The minimum atomic E-state index is -0.469. The van der Waals surface area contributed by atoms with Gasteiger partial charge in [0.2, 0.25) is 11.0 Å². The summed E-state index contributed by atoms with van der Waals surface area (Å²) >= 11 is 1.02. The highest BCUT2D eigenvalue weighted by atomic mass is 32.1. The Bertz CT molecular complexity index is 595. The number of hydrogen-bond acceptors (Lipinski definition) is 6. The van der Waals surface area contributed by atoms with Crippen molar-refractivity contribution in [3.63, 3.8) is 0 Å². The van der Waals surface area contributed by atoms with Gasteiger partial charge in [0.25, 0.3) is 0 Å². The lowest BCUT2D eigenvalue weighted by Crippen LogP contribution is -2.01. The van der Waals surface area contributed by atoms with E-state index >= 15 is 0 Å². The Labute approximate surface area is 115 Å². The molecule has 0 aliphatic carbocycles. The Hall–Kier alpha value is -1.95. The molecule has 0 bridgehead atoms. The monoisotopic (exact) mass is 277 g/mol. The van der Waals surface area contributed by atoms with Gasteiger partial charge in [-0.05, 0) is 48.1 Å².